The molecule has 0 spiro atoms. The summed E-state index contributed by atoms with van der Waals surface area (Å²) in [5.41, 5.74) is 23.6. The second-order valence-electron chi connectivity index (χ2n) is 8.75. The van der Waals surface area contributed by atoms with E-state index in [0.717, 1.165) is 0 Å². The van der Waals surface area contributed by atoms with Crippen molar-refractivity contribution < 1.29 is 67.1 Å². The maximum atomic E-state index is 10.6. The molecule has 0 aromatic heterocycles. The molecule has 3 aliphatic rings. The molecule has 0 aromatic rings. The minimum Gasteiger partial charge on any atom is -0.394 e. The van der Waals surface area contributed by atoms with E-state index in [0.29, 0.717) is 0 Å². The van der Waals surface area contributed by atoms with Gasteiger partial charge in [-0.15, -0.1) is 0 Å². The molecule has 19 heteroatoms. The van der Waals surface area contributed by atoms with E-state index in [1.807, 2.05) is 0 Å². The summed E-state index contributed by atoms with van der Waals surface area (Å²) in [6, 6.07) is -2.72. The molecule has 0 radical (unpaired) electrons. The van der Waals surface area contributed by atoms with Crippen LogP contribution in [0.15, 0.2) is 0 Å². The first kappa shape index (κ1) is 31.5. The molecule has 0 amide bonds. The van der Waals surface area contributed by atoms with Crippen LogP contribution in [0.1, 0.15) is 6.42 Å². The van der Waals surface area contributed by atoms with Gasteiger partial charge in [0.1, 0.15) is 48.8 Å². The van der Waals surface area contributed by atoms with Gasteiger partial charge >= 0.3 is 10.4 Å². The van der Waals surface area contributed by atoms with Crippen LogP contribution in [0, 0.1) is 0 Å². The predicted octanol–water partition coefficient (Wildman–Crippen LogP) is -7.31. The van der Waals surface area contributed by atoms with Crippen LogP contribution in [0.3, 0.4) is 0 Å². The van der Waals surface area contributed by atoms with Crippen molar-refractivity contribution in [2.75, 3.05) is 13.2 Å². The molecule has 14 atom stereocenters. The molecule has 18 nitrogen and oxygen atoms in total. The number of hydrogen-bond acceptors (Lipinski definition) is 16. The molecule has 3 rings (SSSR count). The smallest absolute Gasteiger partial charge is 0.394 e. The zero-order valence-electron chi connectivity index (χ0n) is 18.9. The molecule has 0 aromatic carbocycles. The van der Waals surface area contributed by atoms with Crippen molar-refractivity contribution in [1.29, 1.82) is 0 Å². The Labute approximate surface area is 206 Å². The van der Waals surface area contributed by atoms with E-state index in [4.69, 9.17) is 59.4 Å². The molecular formula is C17H36N4O14S. The van der Waals surface area contributed by atoms with Crippen LogP contribution in [0.2, 0.25) is 0 Å². The molecule has 2 heterocycles. The summed E-state index contributed by atoms with van der Waals surface area (Å²) >= 11 is 0. The van der Waals surface area contributed by atoms with E-state index in [2.05, 4.69) is 0 Å². The van der Waals surface area contributed by atoms with Gasteiger partial charge in [0.15, 0.2) is 12.6 Å². The molecule has 2 aliphatic heterocycles. The van der Waals surface area contributed by atoms with E-state index >= 15 is 0 Å². The third-order valence-electron chi connectivity index (χ3n) is 6.13. The summed E-state index contributed by atoms with van der Waals surface area (Å²) in [5.74, 6) is 0. The van der Waals surface area contributed by atoms with Crippen LogP contribution >= 0.6 is 0 Å². The highest BCUT2D eigenvalue weighted by Crippen LogP contribution is 2.31. The van der Waals surface area contributed by atoms with Crippen LogP contribution in [0.4, 0.5) is 0 Å². The van der Waals surface area contributed by atoms with Gasteiger partial charge < -0.3 is 72.5 Å². The average Bonchev–Trinajstić information content (AvgIpc) is 3.06. The van der Waals surface area contributed by atoms with Gasteiger partial charge in [0.25, 0.3) is 0 Å². The zero-order valence-corrected chi connectivity index (χ0v) is 19.8. The lowest BCUT2D eigenvalue weighted by Crippen LogP contribution is -2.68. The van der Waals surface area contributed by atoms with Crippen LogP contribution in [0.5, 0.6) is 0 Å². The highest BCUT2D eigenvalue weighted by Gasteiger charge is 2.52. The number of hydrogen-bond donors (Lipinski definition) is 12. The summed E-state index contributed by atoms with van der Waals surface area (Å²) in [6.07, 6.45) is -13.8. The molecule has 36 heavy (non-hydrogen) atoms. The molecule has 3 fully saturated rings. The third kappa shape index (κ3) is 7.68. The Balaban J connectivity index is 0.000000830. The van der Waals surface area contributed by atoms with Crippen LogP contribution in [-0.4, -0.2) is 147 Å². The minimum atomic E-state index is -4.67. The van der Waals surface area contributed by atoms with Crippen LogP contribution in [-0.2, 0) is 29.3 Å². The van der Waals surface area contributed by atoms with E-state index in [1.54, 1.807) is 0 Å². The lowest BCUT2D eigenvalue weighted by Gasteiger charge is -2.47. The first-order valence-electron chi connectivity index (χ1n) is 10.9. The molecule has 0 bridgehead atoms. The number of aliphatic hydroxyl groups is 6. The summed E-state index contributed by atoms with van der Waals surface area (Å²) < 4.78 is 54.0. The number of ether oxygens (including phenoxy) is 4. The molecule has 1 saturated carbocycles. The molecule has 214 valence electrons. The van der Waals surface area contributed by atoms with E-state index in [-0.39, 0.29) is 13.0 Å². The molecule has 12 unspecified atom stereocenters. The Kier molecular flexibility index (Phi) is 11.3. The fourth-order valence-corrected chi connectivity index (χ4v) is 4.16. The lowest BCUT2D eigenvalue weighted by molar-refractivity contribution is -0.306. The fraction of sp³-hybridized carbons (Fsp3) is 1.00. The maximum Gasteiger partial charge on any atom is 0.394 e. The lowest BCUT2D eigenvalue weighted by atomic mass is 9.84. The van der Waals surface area contributed by atoms with Gasteiger partial charge in [-0.2, -0.15) is 8.42 Å². The van der Waals surface area contributed by atoms with Crippen molar-refractivity contribution in [3.63, 3.8) is 0 Å². The van der Waals surface area contributed by atoms with Crippen molar-refractivity contribution in [3.05, 3.63) is 0 Å². The van der Waals surface area contributed by atoms with Crippen molar-refractivity contribution in [2.24, 2.45) is 22.9 Å². The Morgan fingerprint density at radius 2 is 1.25 bits per heavy atom. The number of rotatable bonds is 6. The third-order valence-corrected chi connectivity index (χ3v) is 6.13. The van der Waals surface area contributed by atoms with Gasteiger partial charge in [0.05, 0.1) is 18.8 Å². The first-order chi connectivity index (χ1) is 16.6. The Morgan fingerprint density at radius 1 is 0.750 bits per heavy atom. The Bertz CT molecular complexity index is 787. The molecule has 16 N–H and O–H groups in total. The Hall–Kier alpha value is -0.690. The zero-order chi connectivity index (χ0) is 27.5. The van der Waals surface area contributed by atoms with Gasteiger partial charge in [0.2, 0.25) is 0 Å². The highest BCUT2D eigenvalue weighted by atomic mass is 32.3. The topological polar surface area (TPSA) is 337 Å². The molecule has 2 saturated heterocycles. The SMILES string of the molecule is NCC1O[C@@H](OC2C(N)CC(N)C(O)C2O[C@@H]2OC(CO)C(O)C2O)C(N)C(O)C1O.O=S(=O)(O)O. The average molecular weight is 553 g/mol. The van der Waals surface area contributed by atoms with E-state index in [9.17, 15) is 30.6 Å². The monoisotopic (exact) mass is 552 g/mol. The summed E-state index contributed by atoms with van der Waals surface area (Å²) in [5, 5.41) is 60.2. The fourth-order valence-electron chi connectivity index (χ4n) is 4.16. The van der Waals surface area contributed by atoms with Crippen LogP contribution < -0.4 is 22.9 Å². The summed E-state index contributed by atoms with van der Waals surface area (Å²) in [4.78, 5) is 0. The predicted molar refractivity (Wildman–Crippen MR) is 116 cm³/mol. The number of aliphatic hydroxyl groups excluding tert-OH is 6. The number of nitrogens with two attached hydrogens (primary N) is 4. The van der Waals surface area contributed by atoms with Crippen molar-refractivity contribution >= 4 is 10.4 Å². The van der Waals surface area contributed by atoms with Gasteiger partial charge in [-0.3, -0.25) is 9.11 Å². The van der Waals surface area contributed by atoms with Crippen molar-refractivity contribution in [1.82, 2.24) is 0 Å². The Morgan fingerprint density at radius 3 is 1.75 bits per heavy atom. The van der Waals surface area contributed by atoms with Gasteiger partial charge in [-0.1, -0.05) is 0 Å². The normalized spacial score (nSPS) is 47.8. The maximum absolute atomic E-state index is 10.6. The highest BCUT2D eigenvalue weighted by molar-refractivity contribution is 7.79. The first-order valence-corrected chi connectivity index (χ1v) is 12.3. The van der Waals surface area contributed by atoms with Crippen LogP contribution in [0.25, 0.3) is 0 Å². The van der Waals surface area contributed by atoms with Crippen molar-refractivity contribution in [3.8, 4) is 0 Å². The second-order valence-corrected chi connectivity index (χ2v) is 9.64. The quantitative estimate of drug-likeness (QED) is 0.136. The molecular weight excluding hydrogens is 516 g/mol. The van der Waals surface area contributed by atoms with Gasteiger partial charge in [-0.05, 0) is 6.42 Å². The van der Waals surface area contributed by atoms with E-state index < -0.39 is 103 Å². The molecule has 1 aliphatic carbocycles. The van der Waals surface area contributed by atoms with E-state index in [1.165, 1.54) is 0 Å². The summed E-state index contributed by atoms with van der Waals surface area (Å²) in [7, 11) is -4.67. The van der Waals surface area contributed by atoms with Gasteiger partial charge in [0, 0.05) is 18.6 Å². The van der Waals surface area contributed by atoms with Gasteiger partial charge in [-0.25, -0.2) is 0 Å². The standard InChI is InChI=1S/C17H34N4O10.H2O4S/c18-2-6-10(24)12(26)8(21)16(28-6)30-14-5(20)1-4(19)9(23)15(14)31-17-13(27)11(25)7(3-22)29-17;1-5(2,3)4/h4-17,22-27H,1-3,18-21H2;(H2,1,2,3,4)/t4?,5?,6?,7?,8?,9?,10?,11?,12?,13?,14?,15?,16-,17-;/m0./s1. The summed E-state index contributed by atoms with van der Waals surface area (Å²) in [6.45, 7) is -0.673. The largest absolute Gasteiger partial charge is 0.394 e. The minimum absolute atomic E-state index is 0.114. The second kappa shape index (κ2) is 12.9. The van der Waals surface area contributed by atoms with Crippen molar-refractivity contribution in [2.45, 2.75) is 92.1 Å².